The van der Waals surface area contributed by atoms with Crippen LogP contribution in [0.4, 0.5) is 0 Å². The molecule has 2 aliphatic heterocycles. The van der Waals surface area contributed by atoms with Crippen LogP contribution in [-0.4, -0.2) is 34.9 Å². The number of hydrogen-bond acceptors (Lipinski definition) is 4. The van der Waals surface area contributed by atoms with Crippen molar-refractivity contribution in [3.05, 3.63) is 24.3 Å². The zero-order valence-corrected chi connectivity index (χ0v) is 11.1. The summed E-state index contributed by atoms with van der Waals surface area (Å²) in [6.07, 6.45) is 3.12. The van der Waals surface area contributed by atoms with Crippen molar-refractivity contribution in [3.8, 4) is 11.5 Å². The van der Waals surface area contributed by atoms with E-state index in [9.17, 15) is 5.11 Å². The molecule has 1 aromatic carbocycles. The fourth-order valence-electron chi connectivity index (χ4n) is 2.68. The van der Waals surface area contributed by atoms with Crippen LogP contribution in [0.3, 0.4) is 0 Å². The van der Waals surface area contributed by atoms with Gasteiger partial charge in [-0.2, -0.15) is 11.8 Å². The van der Waals surface area contributed by atoms with Crippen molar-refractivity contribution in [2.45, 2.75) is 31.0 Å². The molecule has 0 aliphatic carbocycles. The van der Waals surface area contributed by atoms with Crippen LogP contribution in [0.1, 0.15) is 19.3 Å². The van der Waals surface area contributed by atoms with Gasteiger partial charge in [-0.1, -0.05) is 12.1 Å². The van der Waals surface area contributed by atoms with Gasteiger partial charge in [-0.25, -0.2) is 0 Å². The highest BCUT2D eigenvalue weighted by Crippen LogP contribution is 2.40. The zero-order chi connectivity index (χ0) is 12.4. The first kappa shape index (κ1) is 12.2. The largest absolute Gasteiger partial charge is 0.504 e. The minimum atomic E-state index is 0.0258. The van der Waals surface area contributed by atoms with E-state index in [1.807, 2.05) is 23.9 Å². The Labute approximate surface area is 111 Å². The highest BCUT2D eigenvalue weighted by Gasteiger charge is 2.41. The predicted octanol–water partition coefficient (Wildman–Crippen LogP) is 2.83. The third-order valence-corrected chi connectivity index (χ3v) is 4.90. The van der Waals surface area contributed by atoms with Crippen LogP contribution < -0.4 is 4.74 Å². The SMILES string of the molecule is Oc1ccccc1OC1CCOC2(CCSC2)C1. The molecule has 3 nitrogen and oxygen atoms in total. The number of para-hydroxylation sites is 2. The molecule has 18 heavy (non-hydrogen) atoms. The molecule has 0 saturated carbocycles. The van der Waals surface area contributed by atoms with E-state index in [-0.39, 0.29) is 17.5 Å². The van der Waals surface area contributed by atoms with Crippen LogP contribution in [0.5, 0.6) is 11.5 Å². The van der Waals surface area contributed by atoms with Crippen LogP contribution in [0.15, 0.2) is 24.3 Å². The van der Waals surface area contributed by atoms with E-state index in [2.05, 4.69) is 0 Å². The quantitative estimate of drug-likeness (QED) is 0.893. The van der Waals surface area contributed by atoms with Crippen LogP contribution in [0.25, 0.3) is 0 Å². The number of rotatable bonds is 2. The van der Waals surface area contributed by atoms with Gasteiger partial charge >= 0.3 is 0 Å². The molecule has 3 rings (SSSR count). The van der Waals surface area contributed by atoms with Gasteiger partial charge in [0.2, 0.25) is 0 Å². The highest BCUT2D eigenvalue weighted by atomic mass is 32.2. The number of phenolic OH excluding ortho intramolecular Hbond substituents is 1. The van der Waals surface area contributed by atoms with Crippen LogP contribution >= 0.6 is 11.8 Å². The van der Waals surface area contributed by atoms with Gasteiger partial charge < -0.3 is 14.6 Å². The molecule has 1 spiro atoms. The number of ether oxygens (including phenoxy) is 2. The third-order valence-electron chi connectivity index (χ3n) is 3.67. The third kappa shape index (κ3) is 2.45. The average molecular weight is 266 g/mol. The maximum absolute atomic E-state index is 9.74. The number of benzene rings is 1. The second-order valence-electron chi connectivity index (χ2n) is 5.03. The van der Waals surface area contributed by atoms with E-state index >= 15 is 0 Å². The topological polar surface area (TPSA) is 38.7 Å². The molecule has 1 aromatic rings. The average Bonchev–Trinajstić information content (AvgIpc) is 2.80. The van der Waals surface area contributed by atoms with E-state index in [0.717, 1.165) is 31.6 Å². The summed E-state index contributed by atoms with van der Waals surface area (Å²) in [7, 11) is 0. The Kier molecular flexibility index (Phi) is 3.39. The monoisotopic (exact) mass is 266 g/mol. The summed E-state index contributed by atoms with van der Waals surface area (Å²) >= 11 is 1.96. The summed E-state index contributed by atoms with van der Waals surface area (Å²) in [4.78, 5) is 0. The van der Waals surface area contributed by atoms with Gasteiger partial charge in [0.15, 0.2) is 11.5 Å². The van der Waals surface area contributed by atoms with E-state index in [1.165, 1.54) is 5.75 Å². The molecule has 0 aromatic heterocycles. The molecular formula is C14H18O3S. The van der Waals surface area contributed by atoms with Crippen molar-refractivity contribution in [3.63, 3.8) is 0 Å². The van der Waals surface area contributed by atoms with Gasteiger partial charge in [0, 0.05) is 18.6 Å². The fourth-order valence-corrected chi connectivity index (χ4v) is 4.06. The van der Waals surface area contributed by atoms with Crippen molar-refractivity contribution >= 4 is 11.8 Å². The van der Waals surface area contributed by atoms with Gasteiger partial charge in [-0.3, -0.25) is 0 Å². The maximum Gasteiger partial charge on any atom is 0.161 e. The minimum Gasteiger partial charge on any atom is -0.504 e. The molecule has 2 atom stereocenters. The van der Waals surface area contributed by atoms with Crippen molar-refractivity contribution in [1.82, 2.24) is 0 Å². The van der Waals surface area contributed by atoms with Gasteiger partial charge in [0.1, 0.15) is 6.10 Å². The number of aromatic hydroxyl groups is 1. The summed E-state index contributed by atoms with van der Waals surface area (Å²) in [5.74, 6) is 3.07. The van der Waals surface area contributed by atoms with Gasteiger partial charge in [0.05, 0.1) is 12.2 Å². The molecule has 2 unspecified atom stereocenters. The standard InChI is InChI=1S/C14H18O3S/c15-12-3-1-2-4-13(12)17-11-5-7-16-14(9-11)6-8-18-10-14/h1-4,11,15H,5-10H2. The second kappa shape index (κ2) is 5.02. The molecule has 0 radical (unpaired) electrons. The Morgan fingerprint density at radius 1 is 1.39 bits per heavy atom. The highest BCUT2D eigenvalue weighted by molar-refractivity contribution is 7.99. The molecule has 98 valence electrons. The number of thioether (sulfide) groups is 1. The first-order valence-corrected chi connectivity index (χ1v) is 7.59. The lowest BCUT2D eigenvalue weighted by atomic mass is 9.91. The smallest absolute Gasteiger partial charge is 0.161 e. The number of phenols is 1. The molecule has 2 fully saturated rings. The molecule has 2 aliphatic rings. The maximum atomic E-state index is 9.74. The van der Waals surface area contributed by atoms with E-state index in [4.69, 9.17) is 9.47 Å². The van der Waals surface area contributed by atoms with Crippen LogP contribution in [0, 0.1) is 0 Å². The first-order valence-electron chi connectivity index (χ1n) is 6.44. The predicted molar refractivity (Wildman–Crippen MR) is 72.4 cm³/mol. The summed E-state index contributed by atoms with van der Waals surface area (Å²) in [5.41, 5.74) is 0.0258. The molecule has 2 heterocycles. The molecular weight excluding hydrogens is 248 g/mol. The molecule has 0 bridgehead atoms. The zero-order valence-electron chi connectivity index (χ0n) is 10.3. The fraction of sp³-hybridized carbons (Fsp3) is 0.571. The van der Waals surface area contributed by atoms with E-state index < -0.39 is 0 Å². The Hall–Kier alpha value is -0.870. The van der Waals surface area contributed by atoms with Crippen molar-refractivity contribution in [2.24, 2.45) is 0 Å². The van der Waals surface area contributed by atoms with Crippen LogP contribution in [0.2, 0.25) is 0 Å². The lowest BCUT2D eigenvalue weighted by Gasteiger charge is -2.37. The summed E-state index contributed by atoms with van der Waals surface area (Å²) in [6, 6.07) is 7.17. The number of hydrogen-bond donors (Lipinski definition) is 1. The van der Waals surface area contributed by atoms with Gasteiger partial charge in [-0.15, -0.1) is 0 Å². The van der Waals surface area contributed by atoms with Crippen molar-refractivity contribution in [1.29, 1.82) is 0 Å². The normalized spacial score (nSPS) is 31.7. The molecule has 1 N–H and O–H groups in total. The van der Waals surface area contributed by atoms with Crippen LogP contribution in [-0.2, 0) is 4.74 Å². The molecule has 0 amide bonds. The Morgan fingerprint density at radius 2 is 2.28 bits per heavy atom. The Balaban J connectivity index is 1.68. The Morgan fingerprint density at radius 3 is 3.06 bits per heavy atom. The van der Waals surface area contributed by atoms with E-state index in [1.54, 1.807) is 12.1 Å². The van der Waals surface area contributed by atoms with E-state index in [0.29, 0.717) is 5.75 Å². The van der Waals surface area contributed by atoms with Gasteiger partial charge in [0.25, 0.3) is 0 Å². The summed E-state index contributed by atoms with van der Waals surface area (Å²) < 4.78 is 11.9. The minimum absolute atomic E-state index is 0.0258. The van der Waals surface area contributed by atoms with Crippen molar-refractivity contribution in [2.75, 3.05) is 18.1 Å². The van der Waals surface area contributed by atoms with Crippen molar-refractivity contribution < 1.29 is 14.6 Å². The molecule has 2 saturated heterocycles. The second-order valence-corrected chi connectivity index (χ2v) is 6.14. The lowest BCUT2D eigenvalue weighted by molar-refractivity contribution is -0.0961. The van der Waals surface area contributed by atoms with Gasteiger partial charge in [-0.05, 0) is 24.3 Å². The summed E-state index contributed by atoms with van der Waals surface area (Å²) in [5, 5.41) is 9.74. The first-order chi connectivity index (χ1) is 8.77. The lowest BCUT2D eigenvalue weighted by Crippen LogP contribution is -2.43. The Bertz CT molecular complexity index is 415. The summed E-state index contributed by atoms with van der Waals surface area (Å²) in [6.45, 7) is 0.763. The molecule has 4 heteroatoms.